The summed E-state index contributed by atoms with van der Waals surface area (Å²) >= 11 is 3.32. The normalized spacial score (nSPS) is 9.83. The molecule has 0 aliphatic heterocycles. The van der Waals surface area contributed by atoms with Crippen molar-refractivity contribution < 1.29 is 4.74 Å². The van der Waals surface area contributed by atoms with Crippen LogP contribution >= 0.6 is 15.9 Å². The average molecular weight is 303 g/mol. The minimum absolute atomic E-state index is 0.486. The van der Waals surface area contributed by atoms with Crippen molar-refractivity contribution in [2.24, 2.45) is 5.73 Å². The number of halogens is 1. The summed E-state index contributed by atoms with van der Waals surface area (Å²) in [5.74, 6) is 1.22. The van der Waals surface area contributed by atoms with Crippen molar-refractivity contribution in [2.45, 2.75) is 6.54 Å². The van der Waals surface area contributed by atoms with Crippen molar-refractivity contribution in [1.29, 1.82) is 5.26 Å². The molecular weight excluding hydrogens is 292 g/mol. The summed E-state index contributed by atoms with van der Waals surface area (Å²) in [6.07, 6.45) is 0. The van der Waals surface area contributed by atoms with Gasteiger partial charge in [0.05, 0.1) is 0 Å². The maximum Gasteiger partial charge on any atom is 0.146 e. The Morgan fingerprint density at radius 3 is 2.50 bits per heavy atom. The SMILES string of the molecule is N#Cc1c(Br)cccc1Oc1ccc(CN)cc1. The Labute approximate surface area is 114 Å². The number of ether oxygens (including phenoxy) is 1. The van der Waals surface area contributed by atoms with Crippen LogP contribution in [0.1, 0.15) is 11.1 Å². The van der Waals surface area contributed by atoms with E-state index in [0.29, 0.717) is 23.6 Å². The first-order valence-electron chi connectivity index (χ1n) is 5.40. The van der Waals surface area contributed by atoms with Crippen LogP contribution in [-0.2, 0) is 6.54 Å². The highest BCUT2D eigenvalue weighted by Crippen LogP contribution is 2.29. The molecule has 2 N–H and O–H groups in total. The van der Waals surface area contributed by atoms with Gasteiger partial charge in [-0.05, 0) is 45.8 Å². The standard InChI is InChI=1S/C14H11BrN2O/c15-13-2-1-3-14(12(13)9-17)18-11-6-4-10(8-16)5-7-11/h1-7H,8,16H2. The fourth-order valence-electron chi connectivity index (χ4n) is 1.52. The van der Waals surface area contributed by atoms with E-state index in [1.807, 2.05) is 36.4 Å². The molecule has 0 radical (unpaired) electrons. The molecule has 0 heterocycles. The first kappa shape index (κ1) is 12.6. The minimum Gasteiger partial charge on any atom is -0.456 e. The van der Waals surface area contributed by atoms with Crippen LogP contribution in [0.3, 0.4) is 0 Å². The topological polar surface area (TPSA) is 59.0 Å². The molecule has 90 valence electrons. The third kappa shape index (κ3) is 2.70. The van der Waals surface area contributed by atoms with E-state index >= 15 is 0 Å². The van der Waals surface area contributed by atoms with Gasteiger partial charge in [0.15, 0.2) is 0 Å². The summed E-state index contributed by atoms with van der Waals surface area (Å²) in [7, 11) is 0. The highest BCUT2D eigenvalue weighted by Gasteiger charge is 2.07. The van der Waals surface area contributed by atoms with E-state index in [0.717, 1.165) is 10.0 Å². The van der Waals surface area contributed by atoms with Crippen molar-refractivity contribution in [1.82, 2.24) is 0 Å². The second-order valence-electron chi connectivity index (χ2n) is 3.67. The first-order chi connectivity index (χ1) is 8.74. The van der Waals surface area contributed by atoms with E-state index in [1.165, 1.54) is 0 Å². The quantitative estimate of drug-likeness (QED) is 0.943. The monoisotopic (exact) mass is 302 g/mol. The molecule has 2 aromatic rings. The van der Waals surface area contributed by atoms with Gasteiger partial charge in [-0.3, -0.25) is 0 Å². The lowest BCUT2D eigenvalue weighted by Crippen LogP contribution is -1.95. The number of rotatable bonds is 3. The van der Waals surface area contributed by atoms with Gasteiger partial charge >= 0.3 is 0 Å². The lowest BCUT2D eigenvalue weighted by Gasteiger charge is -2.08. The Balaban J connectivity index is 2.28. The predicted molar refractivity (Wildman–Crippen MR) is 73.3 cm³/mol. The summed E-state index contributed by atoms with van der Waals surface area (Å²) in [4.78, 5) is 0. The van der Waals surface area contributed by atoms with Crippen LogP contribution in [0.2, 0.25) is 0 Å². The number of nitriles is 1. The van der Waals surface area contributed by atoms with Crippen molar-refractivity contribution >= 4 is 15.9 Å². The number of hydrogen-bond acceptors (Lipinski definition) is 3. The van der Waals surface area contributed by atoms with Gasteiger partial charge in [-0.15, -0.1) is 0 Å². The van der Waals surface area contributed by atoms with E-state index in [-0.39, 0.29) is 0 Å². The van der Waals surface area contributed by atoms with Gasteiger partial charge in [0.1, 0.15) is 23.1 Å². The molecule has 0 saturated heterocycles. The Morgan fingerprint density at radius 2 is 1.89 bits per heavy atom. The molecule has 2 aromatic carbocycles. The van der Waals surface area contributed by atoms with Crippen molar-refractivity contribution in [3.63, 3.8) is 0 Å². The summed E-state index contributed by atoms with van der Waals surface area (Å²) in [5, 5.41) is 9.08. The molecule has 0 bridgehead atoms. The molecule has 0 aromatic heterocycles. The van der Waals surface area contributed by atoms with E-state index in [2.05, 4.69) is 22.0 Å². The Bertz CT molecular complexity index is 588. The van der Waals surface area contributed by atoms with Gasteiger partial charge < -0.3 is 10.5 Å². The van der Waals surface area contributed by atoms with Crippen LogP contribution in [0, 0.1) is 11.3 Å². The molecule has 0 amide bonds. The molecule has 2 rings (SSSR count). The number of hydrogen-bond donors (Lipinski definition) is 1. The largest absolute Gasteiger partial charge is 0.456 e. The summed E-state index contributed by atoms with van der Waals surface area (Å²) < 4.78 is 6.41. The van der Waals surface area contributed by atoms with Gasteiger partial charge in [0, 0.05) is 11.0 Å². The molecule has 0 aliphatic carbocycles. The summed E-state index contributed by atoms with van der Waals surface area (Å²) in [6, 6.07) is 15.0. The fraction of sp³-hybridized carbons (Fsp3) is 0.0714. The molecule has 4 heteroatoms. The fourth-order valence-corrected chi connectivity index (χ4v) is 1.96. The van der Waals surface area contributed by atoms with E-state index in [1.54, 1.807) is 6.07 Å². The number of nitrogens with zero attached hydrogens (tertiary/aromatic N) is 1. The zero-order valence-corrected chi connectivity index (χ0v) is 11.1. The number of nitrogens with two attached hydrogens (primary N) is 1. The molecule has 0 atom stereocenters. The second kappa shape index (κ2) is 5.67. The summed E-state index contributed by atoms with van der Waals surface area (Å²) in [5.41, 5.74) is 7.05. The van der Waals surface area contributed by atoms with E-state index in [4.69, 9.17) is 15.7 Å². The van der Waals surface area contributed by atoms with Crippen LogP contribution in [-0.4, -0.2) is 0 Å². The van der Waals surface area contributed by atoms with E-state index in [9.17, 15) is 0 Å². The highest BCUT2D eigenvalue weighted by atomic mass is 79.9. The Kier molecular flexibility index (Phi) is 3.98. The average Bonchev–Trinajstić information content (AvgIpc) is 2.40. The zero-order valence-electron chi connectivity index (χ0n) is 9.56. The third-order valence-corrected chi connectivity index (χ3v) is 3.13. The molecular formula is C14H11BrN2O. The molecule has 3 nitrogen and oxygen atoms in total. The van der Waals surface area contributed by atoms with Crippen molar-refractivity contribution in [3.05, 3.63) is 58.1 Å². The molecule has 0 unspecified atom stereocenters. The number of benzene rings is 2. The van der Waals surface area contributed by atoms with Crippen LogP contribution in [0.15, 0.2) is 46.9 Å². The molecule has 0 fully saturated rings. The van der Waals surface area contributed by atoms with Gasteiger partial charge in [0.25, 0.3) is 0 Å². The molecule has 0 spiro atoms. The van der Waals surface area contributed by atoms with Crippen LogP contribution in [0.25, 0.3) is 0 Å². The maximum atomic E-state index is 9.08. The van der Waals surface area contributed by atoms with Gasteiger partial charge in [0.2, 0.25) is 0 Å². The van der Waals surface area contributed by atoms with Crippen LogP contribution in [0.5, 0.6) is 11.5 Å². The highest BCUT2D eigenvalue weighted by molar-refractivity contribution is 9.10. The lowest BCUT2D eigenvalue weighted by atomic mass is 10.2. The molecule has 0 saturated carbocycles. The van der Waals surface area contributed by atoms with Gasteiger partial charge in [-0.1, -0.05) is 18.2 Å². The lowest BCUT2D eigenvalue weighted by molar-refractivity contribution is 0.480. The third-order valence-electron chi connectivity index (χ3n) is 2.47. The zero-order chi connectivity index (χ0) is 13.0. The van der Waals surface area contributed by atoms with Crippen molar-refractivity contribution in [3.8, 4) is 17.6 Å². The van der Waals surface area contributed by atoms with E-state index < -0.39 is 0 Å². The van der Waals surface area contributed by atoms with Crippen molar-refractivity contribution in [2.75, 3.05) is 0 Å². The molecule has 0 aliphatic rings. The van der Waals surface area contributed by atoms with Crippen LogP contribution in [0.4, 0.5) is 0 Å². The smallest absolute Gasteiger partial charge is 0.146 e. The first-order valence-corrected chi connectivity index (χ1v) is 6.19. The minimum atomic E-state index is 0.486. The Morgan fingerprint density at radius 1 is 1.17 bits per heavy atom. The molecule has 18 heavy (non-hydrogen) atoms. The summed E-state index contributed by atoms with van der Waals surface area (Å²) in [6.45, 7) is 0.501. The second-order valence-corrected chi connectivity index (χ2v) is 4.53. The Hall–Kier alpha value is -1.83. The maximum absolute atomic E-state index is 9.08. The van der Waals surface area contributed by atoms with Gasteiger partial charge in [-0.25, -0.2) is 0 Å². The predicted octanol–water partition coefficient (Wildman–Crippen LogP) is 3.57. The van der Waals surface area contributed by atoms with Crippen LogP contribution < -0.4 is 10.5 Å². The van der Waals surface area contributed by atoms with Gasteiger partial charge in [-0.2, -0.15) is 5.26 Å².